The zero-order valence-electron chi connectivity index (χ0n) is 15.9. The molecule has 0 fully saturated rings. The second-order valence-corrected chi connectivity index (χ2v) is 6.47. The van der Waals surface area contributed by atoms with Crippen LogP contribution in [0.2, 0.25) is 0 Å². The summed E-state index contributed by atoms with van der Waals surface area (Å²) in [6, 6.07) is 15.2. The molecule has 1 N–H and O–H groups in total. The third-order valence-corrected chi connectivity index (χ3v) is 4.30. The van der Waals surface area contributed by atoms with Gasteiger partial charge < -0.3 is 14.6 Å². The molecule has 0 spiro atoms. The second-order valence-electron chi connectivity index (χ2n) is 6.47. The summed E-state index contributed by atoms with van der Waals surface area (Å²) in [5.41, 5.74) is 1.35. The molecule has 0 unspecified atom stereocenters. The number of carbonyl (C=O) groups is 3. The van der Waals surface area contributed by atoms with Crippen molar-refractivity contribution in [2.24, 2.45) is 7.05 Å². The van der Waals surface area contributed by atoms with Crippen molar-refractivity contribution in [2.75, 3.05) is 5.32 Å². The summed E-state index contributed by atoms with van der Waals surface area (Å²) < 4.78 is 20.1. The molecule has 7 heteroatoms. The first-order valence-electron chi connectivity index (χ1n) is 8.85. The van der Waals surface area contributed by atoms with Gasteiger partial charge in [-0.2, -0.15) is 0 Å². The molecular weight excluding hydrogens is 375 g/mol. The predicted octanol–water partition coefficient (Wildman–Crippen LogP) is 3.90. The van der Waals surface area contributed by atoms with E-state index >= 15 is 0 Å². The van der Waals surface area contributed by atoms with Crippen molar-refractivity contribution in [2.45, 2.75) is 13.0 Å². The van der Waals surface area contributed by atoms with Gasteiger partial charge >= 0.3 is 5.97 Å². The van der Waals surface area contributed by atoms with Crippen molar-refractivity contribution >= 4 is 23.3 Å². The molecule has 148 valence electrons. The monoisotopic (exact) mass is 394 g/mol. The fourth-order valence-corrected chi connectivity index (χ4v) is 2.77. The van der Waals surface area contributed by atoms with Crippen LogP contribution in [0.5, 0.6) is 0 Å². The number of ether oxygens (including phenoxy) is 1. The molecule has 3 rings (SSSR count). The predicted molar refractivity (Wildman–Crippen MR) is 105 cm³/mol. The highest BCUT2D eigenvalue weighted by Crippen LogP contribution is 2.22. The Morgan fingerprint density at radius 2 is 1.69 bits per heavy atom. The molecule has 0 saturated heterocycles. The van der Waals surface area contributed by atoms with Crippen LogP contribution in [0.4, 0.5) is 10.1 Å². The Kier molecular flexibility index (Phi) is 5.87. The van der Waals surface area contributed by atoms with Crippen molar-refractivity contribution in [3.63, 3.8) is 0 Å². The van der Waals surface area contributed by atoms with Crippen molar-refractivity contribution in [1.82, 2.24) is 4.57 Å². The van der Waals surface area contributed by atoms with Gasteiger partial charge in [0, 0.05) is 30.1 Å². The molecule has 29 heavy (non-hydrogen) atoms. The van der Waals surface area contributed by atoms with Crippen LogP contribution in [0.15, 0.2) is 66.9 Å². The summed E-state index contributed by atoms with van der Waals surface area (Å²) in [6.07, 6.45) is 0.291. The first-order valence-corrected chi connectivity index (χ1v) is 8.85. The molecule has 0 radical (unpaired) electrons. The number of nitrogens with zero attached hydrogens (tertiary/aromatic N) is 1. The third-order valence-electron chi connectivity index (χ3n) is 4.30. The summed E-state index contributed by atoms with van der Waals surface area (Å²) in [6.45, 7) is 1.40. The van der Waals surface area contributed by atoms with Gasteiger partial charge in [0.1, 0.15) is 11.5 Å². The van der Waals surface area contributed by atoms with E-state index in [9.17, 15) is 18.8 Å². The maximum atomic E-state index is 13.1. The average molecular weight is 394 g/mol. The zero-order chi connectivity index (χ0) is 21.0. The number of amides is 1. The Morgan fingerprint density at radius 3 is 2.28 bits per heavy atom. The van der Waals surface area contributed by atoms with Crippen molar-refractivity contribution < 1.29 is 23.5 Å². The first-order chi connectivity index (χ1) is 13.8. The van der Waals surface area contributed by atoms with E-state index in [0.29, 0.717) is 16.8 Å². The summed E-state index contributed by atoms with van der Waals surface area (Å²) in [5, 5.41) is 2.62. The minimum absolute atomic E-state index is 0.144. The van der Waals surface area contributed by atoms with Crippen LogP contribution in [0.25, 0.3) is 0 Å². The topological polar surface area (TPSA) is 77.4 Å². The highest BCUT2D eigenvalue weighted by molar-refractivity contribution is 6.00. The van der Waals surface area contributed by atoms with Gasteiger partial charge in [0.15, 0.2) is 5.78 Å². The molecule has 0 saturated carbocycles. The van der Waals surface area contributed by atoms with Crippen LogP contribution in [-0.2, 0) is 16.6 Å². The van der Waals surface area contributed by atoms with E-state index in [1.807, 2.05) is 0 Å². The van der Waals surface area contributed by atoms with Crippen LogP contribution < -0.4 is 5.32 Å². The molecule has 0 aliphatic carbocycles. The number of rotatable bonds is 6. The molecule has 0 aliphatic rings. The van der Waals surface area contributed by atoms with Crippen LogP contribution in [0.3, 0.4) is 0 Å². The van der Waals surface area contributed by atoms with E-state index in [1.165, 1.54) is 48.0 Å². The van der Waals surface area contributed by atoms with Gasteiger partial charge in [-0.05, 0) is 37.3 Å². The van der Waals surface area contributed by atoms with E-state index in [4.69, 9.17) is 4.74 Å². The minimum atomic E-state index is -1.23. The molecule has 1 atom stereocenters. The Balaban J connectivity index is 1.86. The van der Waals surface area contributed by atoms with Crippen LogP contribution in [0, 0.1) is 5.82 Å². The minimum Gasteiger partial charge on any atom is -0.443 e. The van der Waals surface area contributed by atoms with Gasteiger partial charge in [-0.1, -0.05) is 30.3 Å². The normalized spacial score (nSPS) is 11.6. The number of nitrogens with one attached hydrogen (secondary N) is 1. The summed E-state index contributed by atoms with van der Waals surface area (Å²) in [7, 11) is 1.61. The molecular formula is C22H19FN2O4. The lowest BCUT2D eigenvalue weighted by molar-refractivity contribution is -0.125. The standard InChI is InChI=1S/C22H19FN2O4/c1-14(26)16-12-19(25(2)13-16)22(28)29-20(15-6-4-3-5-7-15)21(27)24-18-10-8-17(23)9-11-18/h3-13,20H,1-2H3,(H,24,27)/t20-/m1/s1. The van der Waals surface area contributed by atoms with E-state index in [1.54, 1.807) is 37.4 Å². The van der Waals surface area contributed by atoms with E-state index in [2.05, 4.69) is 5.32 Å². The molecule has 1 amide bonds. The Bertz CT molecular complexity index is 1040. The molecule has 2 aromatic carbocycles. The van der Waals surface area contributed by atoms with Gasteiger partial charge in [-0.25, -0.2) is 9.18 Å². The molecule has 0 aliphatic heterocycles. The fraction of sp³-hybridized carbons (Fsp3) is 0.136. The number of halogens is 1. The number of aryl methyl sites for hydroxylation is 1. The second kappa shape index (κ2) is 8.52. The third kappa shape index (κ3) is 4.76. The number of anilines is 1. The molecule has 6 nitrogen and oxygen atoms in total. The molecule has 0 bridgehead atoms. The number of carbonyl (C=O) groups excluding carboxylic acids is 3. The number of esters is 1. The first kappa shape index (κ1) is 20.0. The number of ketones is 1. The van der Waals surface area contributed by atoms with Crippen LogP contribution in [0.1, 0.15) is 39.4 Å². The number of benzene rings is 2. The Labute approximate surface area is 166 Å². The number of hydrogen-bond acceptors (Lipinski definition) is 4. The van der Waals surface area contributed by atoms with Gasteiger partial charge in [-0.3, -0.25) is 9.59 Å². The lowest BCUT2D eigenvalue weighted by atomic mass is 10.1. The molecule has 1 aromatic heterocycles. The van der Waals surface area contributed by atoms with Crippen LogP contribution >= 0.6 is 0 Å². The zero-order valence-corrected chi connectivity index (χ0v) is 15.9. The average Bonchev–Trinajstić information content (AvgIpc) is 3.10. The quantitative estimate of drug-likeness (QED) is 0.508. The largest absolute Gasteiger partial charge is 0.443 e. The van der Waals surface area contributed by atoms with Crippen molar-refractivity contribution in [3.05, 3.63) is 89.5 Å². The van der Waals surface area contributed by atoms with E-state index in [-0.39, 0.29) is 11.5 Å². The Morgan fingerprint density at radius 1 is 1.03 bits per heavy atom. The number of aromatic nitrogens is 1. The fourth-order valence-electron chi connectivity index (χ4n) is 2.77. The smallest absolute Gasteiger partial charge is 0.356 e. The van der Waals surface area contributed by atoms with E-state index < -0.39 is 23.8 Å². The Hall–Kier alpha value is -3.74. The maximum absolute atomic E-state index is 13.1. The lowest BCUT2D eigenvalue weighted by Crippen LogP contribution is -2.26. The summed E-state index contributed by atoms with van der Waals surface area (Å²) in [4.78, 5) is 37.1. The van der Waals surface area contributed by atoms with Gasteiger partial charge in [0.2, 0.25) is 6.10 Å². The summed E-state index contributed by atoms with van der Waals surface area (Å²) in [5.74, 6) is -1.95. The number of hydrogen-bond donors (Lipinski definition) is 1. The maximum Gasteiger partial charge on any atom is 0.356 e. The van der Waals surface area contributed by atoms with Crippen molar-refractivity contribution in [3.8, 4) is 0 Å². The lowest BCUT2D eigenvalue weighted by Gasteiger charge is -2.18. The molecule has 3 aromatic rings. The molecule has 1 heterocycles. The highest BCUT2D eigenvalue weighted by Gasteiger charge is 2.27. The summed E-state index contributed by atoms with van der Waals surface area (Å²) >= 11 is 0. The van der Waals surface area contributed by atoms with Gasteiger partial charge in [0.25, 0.3) is 5.91 Å². The highest BCUT2D eigenvalue weighted by atomic mass is 19.1. The van der Waals surface area contributed by atoms with Crippen molar-refractivity contribution in [1.29, 1.82) is 0 Å². The van der Waals surface area contributed by atoms with Gasteiger partial charge in [0.05, 0.1) is 0 Å². The number of Topliss-reactive ketones (excluding diaryl/α,β-unsaturated/α-hetero) is 1. The van der Waals surface area contributed by atoms with Gasteiger partial charge in [-0.15, -0.1) is 0 Å². The SMILES string of the molecule is CC(=O)c1cc(C(=O)O[C@@H](C(=O)Nc2ccc(F)cc2)c2ccccc2)n(C)c1. The van der Waals surface area contributed by atoms with Crippen LogP contribution in [-0.4, -0.2) is 22.2 Å². The van der Waals surface area contributed by atoms with E-state index in [0.717, 1.165) is 0 Å².